The van der Waals surface area contributed by atoms with Crippen LogP contribution in [0.1, 0.15) is 56.1 Å². The maximum atomic E-state index is 13.1. The largest absolute Gasteiger partial charge is 0.465 e. The van der Waals surface area contributed by atoms with Gasteiger partial charge in [-0.3, -0.25) is 9.89 Å². The van der Waals surface area contributed by atoms with Gasteiger partial charge >= 0.3 is 12.1 Å². The van der Waals surface area contributed by atoms with Gasteiger partial charge in [0, 0.05) is 5.39 Å². The van der Waals surface area contributed by atoms with E-state index in [9.17, 15) is 22.8 Å². The third kappa shape index (κ3) is 5.18. The minimum Gasteiger partial charge on any atom is -0.465 e. The Bertz CT molecular complexity index is 1360. The summed E-state index contributed by atoms with van der Waals surface area (Å²) in [5.41, 5.74) is 2.76. The molecular weight excluding hydrogens is 459 g/mol. The Balaban J connectivity index is 1.56. The van der Waals surface area contributed by atoms with Gasteiger partial charge in [-0.15, -0.1) is 0 Å². The van der Waals surface area contributed by atoms with Gasteiger partial charge in [0.15, 0.2) is 5.69 Å². The summed E-state index contributed by atoms with van der Waals surface area (Å²) in [6, 6.07) is 16.7. The highest BCUT2D eigenvalue weighted by atomic mass is 19.4. The molecule has 0 aliphatic heterocycles. The fourth-order valence-electron chi connectivity index (χ4n) is 3.86. The summed E-state index contributed by atoms with van der Waals surface area (Å²) in [5.74, 6) is -0.850. The van der Waals surface area contributed by atoms with Gasteiger partial charge in [0.1, 0.15) is 0 Å². The quantitative estimate of drug-likeness (QED) is 0.359. The molecule has 0 saturated heterocycles. The van der Waals surface area contributed by atoms with Crippen LogP contribution in [0.5, 0.6) is 0 Å². The number of methoxy groups -OCH3 is 1. The van der Waals surface area contributed by atoms with Crippen molar-refractivity contribution >= 4 is 22.8 Å². The molecule has 0 bridgehead atoms. The molecule has 0 radical (unpaired) electrons. The van der Waals surface area contributed by atoms with Gasteiger partial charge in [-0.2, -0.15) is 18.3 Å². The number of rotatable bonds is 6. The number of fused-ring (bicyclic) bond motifs is 1. The second-order valence-electron chi connectivity index (χ2n) is 8.09. The van der Waals surface area contributed by atoms with E-state index in [1.54, 1.807) is 36.4 Å². The first-order valence-electron chi connectivity index (χ1n) is 10.8. The van der Waals surface area contributed by atoms with E-state index in [0.29, 0.717) is 28.5 Å². The molecular formula is C26H22F3N3O3. The zero-order valence-corrected chi connectivity index (χ0v) is 18.9. The zero-order valence-electron chi connectivity index (χ0n) is 18.9. The predicted octanol–water partition coefficient (Wildman–Crippen LogP) is 5.45. The second-order valence-corrected chi connectivity index (χ2v) is 8.09. The Morgan fingerprint density at radius 3 is 2.34 bits per heavy atom. The number of amides is 1. The van der Waals surface area contributed by atoms with E-state index in [4.69, 9.17) is 4.74 Å². The number of nitrogens with zero attached hydrogens (tertiary/aromatic N) is 1. The summed E-state index contributed by atoms with van der Waals surface area (Å²) in [7, 11) is 1.30. The van der Waals surface area contributed by atoms with E-state index < -0.39 is 23.6 Å². The SMILES string of the molecule is COC(=O)c1ccc(C(C)NC(=O)c2n[nH]c3cccc(Cc4ccc(C(F)(F)F)cc4)c23)cc1. The summed E-state index contributed by atoms with van der Waals surface area (Å²) < 4.78 is 43.3. The number of nitrogens with one attached hydrogen (secondary N) is 2. The fraction of sp³-hybridized carbons (Fsp3) is 0.192. The standard InChI is InChI=1S/C26H22F3N3O3/c1-15(17-8-10-18(11-9-17)25(34)35-2)30-24(33)23-22-19(4-3-5-21(22)31-32-23)14-16-6-12-20(13-7-16)26(27,28)29/h3-13,15H,14H2,1-2H3,(H,30,33)(H,31,32). The van der Waals surface area contributed by atoms with Gasteiger partial charge in [0.25, 0.3) is 5.91 Å². The number of carbonyl (C=O) groups is 2. The lowest BCUT2D eigenvalue weighted by molar-refractivity contribution is -0.137. The topological polar surface area (TPSA) is 84.1 Å². The number of halogens is 3. The molecule has 1 unspecified atom stereocenters. The summed E-state index contributed by atoms with van der Waals surface area (Å²) in [5, 5.41) is 10.6. The zero-order chi connectivity index (χ0) is 25.2. The summed E-state index contributed by atoms with van der Waals surface area (Å²) in [6.07, 6.45) is -4.06. The first kappa shape index (κ1) is 24.0. The summed E-state index contributed by atoms with van der Waals surface area (Å²) in [4.78, 5) is 24.7. The minimum absolute atomic E-state index is 0.195. The molecule has 35 heavy (non-hydrogen) atoms. The minimum atomic E-state index is -4.40. The molecule has 0 fully saturated rings. The van der Waals surface area contributed by atoms with Gasteiger partial charge in [-0.05, 0) is 60.4 Å². The molecule has 1 atom stereocenters. The predicted molar refractivity (Wildman–Crippen MR) is 124 cm³/mol. The van der Waals surface area contributed by atoms with Gasteiger partial charge < -0.3 is 10.1 Å². The monoisotopic (exact) mass is 481 g/mol. The van der Waals surface area contributed by atoms with Gasteiger partial charge in [-0.1, -0.05) is 36.4 Å². The van der Waals surface area contributed by atoms with E-state index in [-0.39, 0.29) is 11.7 Å². The highest BCUT2D eigenvalue weighted by Crippen LogP contribution is 2.30. The summed E-state index contributed by atoms with van der Waals surface area (Å²) >= 11 is 0. The normalized spacial score (nSPS) is 12.4. The molecule has 0 spiro atoms. The Morgan fingerprint density at radius 2 is 1.71 bits per heavy atom. The number of benzene rings is 3. The molecule has 0 aliphatic carbocycles. The third-order valence-electron chi connectivity index (χ3n) is 5.75. The van der Waals surface area contributed by atoms with Crippen molar-refractivity contribution in [3.63, 3.8) is 0 Å². The number of esters is 1. The smallest absolute Gasteiger partial charge is 0.416 e. The Kier molecular flexibility index (Phi) is 6.59. The number of aromatic amines is 1. The highest BCUT2D eigenvalue weighted by molar-refractivity contribution is 6.06. The van der Waals surface area contributed by atoms with E-state index in [1.165, 1.54) is 19.2 Å². The van der Waals surface area contributed by atoms with Crippen LogP contribution >= 0.6 is 0 Å². The van der Waals surface area contributed by atoms with Crippen LogP contribution in [0.25, 0.3) is 10.9 Å². The van der Waals surface area contributed by atoms with Crippen molar-refractivity contribution in [2.45, 2.75) is 25.6 Å². The molecule has 180 valence electrons. The maximum absolute atomic E-state index is 13.1. The van der Waals surface area contributed by atoms with Crippen molar-refractivity contribution in [2.75, 3.05) is 7.11 Å². The Labute approximate surface area is 199 Å². The number of H-pyrrole nitrogens is 1. The van der Waals surface area contributed by atoms with Crippen molar-refractivity contribution in [3.8, 4) is 0 Å². The molecule has 3 aromatic carbocycles. The van der Waals surface area contributed by atoms with E-state index in [0.717, 1.165) is 23.3 Å². The molecule has 1 heterocycles. The van der Waals surface area contributed by atoms with Crippen LogP contribution in [0, 0.1) is 0 Å². The molecule has 9 heteroatoms. The first-order chi connectivity index (χ1) is 16.7. The molecule has 4 rings (SSSR count). The van der Waals surface area contributed by atoms with Crippen molar-refractivity contribution in [1.29, 1.82) is 0 Å². The Hall–Kier alpha value is -4.14. The van der Waals surface area contributed by atoms with Crippen LogP contribution in [0.15, 0.2) is 66.7 Å². The molecule has 2 N–H and O–H groups in total. The number of hydrogen-bond acceptors (Lipinski definition) is 4. The van der Waals surface area contributed by atoms with Crippen molar-refractivity contribution < 1.29 is 27.5 Å². The lowest BCUT2D eigenvalue weighted by Crippen LogP contribution is -2.27. The highest BCUT2D eigenvalue weighted by Gasteiger charge is 2.30. The van der Waals surface area contributed by atoms with Crippen molar-refractivity contribution in [3.05, 3.63) is 100 Å². The molecule has 0 saturated carbocycles. The molecule has 6 nitrogen and oxygen atoms in total. The molecule has 1 aromatic heterocycles. The lowest BCUT2D eigenvalue weighted by Gasteiger charge is -2.14. The van der Waals surface area contributed by atoms with E-state index >= 15 is 0 Å². The lowest BCUT2D eigenvalue weighted by atomic mass is 9.99. The fourth-order valence-corrected chi connectivity index (χ4v) is 3.86. The number of aromatic nitrogens is 2. The maximum Gasteiger partial charge on any atom is 0.416 e. The number of carbonyl (C=O) groups excluding carboxylic acids is 2. The van der Waals surface area contributed by atoms with Crippen molar-refractivity contribution in [2.24, 2.45) is 0 Å². The first-order valence-corrected chi connectivity index (χ1v) is 10.8. The number of hydrogen-bond donors (Lipinski definition) is 2. The van der Waals surface area contributed by atoms with Gasteiger partial charge in [0.2, 0.25) is 0 Å². The average molecular weight is 481 g/mol. The van der Waals surface area contributed by atoms with E-state index in [1.807, 2.05) is 13.0 Å². The number of alkyl halides is 3. The third-order valence-corrected chi connectivity index (χ3v) is 5.75. The number of ether oxygens (including phenoxy) is 1. The molecule has 0 aliphatic rings. The van der Waals surface area contributed by atoms with E-state index in [2.05, 4.69) is 15.5 Å². The Morgan fingerprint density at radius 1 is 1.03 bits per heavy atom. The molecule has 4 aromatic rings. The second kappa shape index (κ2) is 9.61. The van der Waals surface area contributed by atoms with Crippen LogP contribution in [0.2, 0.25) is 0 Å². The van der Waals surface area contributed by atoms with Crippen LogP contribution < -0.4 is 5.32 Å². The van der Waals surface area contributed by atoms with Crippen LogP contribution in [0.4, 0.5) is 13.2 Å². The van der Waals surface area contributed by atoms with Crippen LogP contribution in [-0.2, 0) is 17.3 Å². The molecule has 1 amide bonds. The average Bonchev–Trinajstić information content (AvgIpc) is 3.29. The van der Waals surface area contributed by atoms with Gasteiger partial charge in [0.05, 0.1) is 29.8 Å². The summed E-state index contributed by atoms with van der Waals surface area (Å²) in [6.45, 7) is 1.81. The van der Waals surface area contributed by atoms with Crippen LogP contribution in [-0.4, -0.2) is 29.2 Å². The van der Waals surface area contributed by atoms with Crippen molar-refractivity contribution in [1.82, 2.24) is 15.5 Å². The van der Waals surface area contributed by atoms with Crippen LogP contribution in [0.3, 0.4) is 0 Å². The van der Waals surface area contributed by atoms with Gasteiger partial charge in [-0.25, -0.2) is 4.79 Å².